The van der Waals surface area contributed by atoms with Crippen LogP contribution in [0.3, 0.4) is 0 Å². The third-order valence-electron chi connectivity index (χ3n) is 2.00. The van der Waals surface area contributed by atoms with Crippen molar-refractivity contribution >= 4 is 12.3 Å². The number of aliphatic carboxylic acids is 1. The molecule has 0 radical (unpaired) electrons. The molecule has 16 heavy (non-hydrogen) atoms. The van der Waals surface area contributed by atoms with Gasteiger partial charge in [0.05, 0.1) is 12.7 Å². The number of rotatable bonds is 5. The molecular formula is C11H12O5. The second-order valence-electron chi connectivity index (χ2n) is 3.12. The van der Waals surface area contributed by atoms with E-state index in [0.717, 1.165) is 0 Å². The van der Waals surface area contributed by atoms with Gasteiger partial charge < -0.3 is 14.6 Å². The molecule has 0 unspecified atom stereocenters. The average Bonchev–Trinajstić information content (AvgIpc) is 2.28. The maximum atomic E-state index is 10.7. The van der Waals surface area contributed by atoms with Gasteiger partial charge in [0.15, 0.2) is 12.4 Å². The van der Waals surface area contributed by atoms with Crippen molar-refractivity contribution < 1.29 is 24.2 Å². The van der Waals surface area contributed by atoms with Crippen LogP contribution in [0.2, 0.25) is 0 Å². The molecule has 1 aromatic carbocycles. The van der Waals surface area contributed by atoms with Gasteiger partial charge in [0.2, 0.25) is 0 Å². The summed E-state index contributed by atoms with van der Waals surface area (Å²) >= 11 is 0. The summed E-state index contributed by atoms with van der Waals surface area (Å²) in [5, 5.41) is 8.69. The number of hydrogen-bond acceptors (Lipinski definition) is 4. The lowest BCUT2D eigenvalue weighted by atomic mass is 10.2. The topological polar surface area (TPSA) is 72.8 Å². The number of aldehydes is 1. The van der Waals surface area contributed by atoms with Crippen molar-refractivity contribution in [3.05, 3.63) is 23.8 Å². The smallest absolute Gasteiger partial charge is 0.344 e. The van der Waals surface area contributed by atoms with E-state index in [0.29, 0.717) is 12.0 Å². The molecule has 0 aliphatic rings. The molecule has 86 valence electrons. The molecule has 1 aromatic rings. The highest BCUT2D eigenvalue weighted by molar-refractivity contribution is 5.80. The first-order valence-electron chi connectivity index (χ1n) is 4.61. The minimum atomic E-state index is -1.10. The molecule has 0 saturated carbocycles. The van der Waals surface area contributed by atoms with Crippen molar-refractivity contribution in [2.24, 2.45) is 0 Å². The minimum absolute atomic E-state index is 0.198. The van der Waals surface area contributed by atoms with Gasteiger partial charge >= 0.3 is 5.97 Å². The molecule has 5 nitrogen and oxygen atoms in total. The van der Waals surface area contributed by atoms with Crippen molar-refractivity contribution in [3.8, 4) is 11.5 Å². The Morgan fingerprint density at radius 2 is 2.19 bits per heavy atom. The van der Waals surface area contributed by atoms with Gasteiger partial charge in [-0.15, -0.1) is 0 Å². The van der Waals surface area contributed by atoms with Gasteiger partial charge in [0.1, 0.15) is 11.5 Å². The first kappa shape index (κ1) is 12.0. The number of ether oxygens (including phenoxy) is 2. The number of hydrogen-bond donors (Lipinski definition) is 1. The van der Waals surface area contributed by atoms with Crippen LogP contribution in [0.4, 0.5) is 0 Å². The highest BCUT2D eigenvalue weighted by atomic mass is 16.5. The monoisotopic (exact) mass is 224 g/mol. The number of carbonyl (C=O) groups is 2. The summed E-state index contributed by atoms with van der Waals surface area (Å²) in [4.78, 5) is 21.3. The van der Waals surface area contributed by atoms with E-state index >= 15 is 0 Å². The van der Waals surface area contributed by atoms with Crippen LogP contribution in [0.5, 0.6) is 11.5 Å². The summed E-state index contributed by atoms with van der Waals surface area (Å²) < 4.78 is 10.1. The Labute approximate surface area is 92.6 Å². The Balaban J connectivity index is 2.99. The summed E-state index contributed by atoms with van der Waals surface area (Å²) in [6, 6.07) is 4.58. The normalized spacial score (nSPS) is 11.6. The fraction of sp³-hybridized carbons (Fsp3) is 0.273. The van der Waals surface area contributed by atoms with E-state index in [1.54, 1.807) is 6.07 Å². The molecule has 5 heteroatoms. The van der Waals surface area contributed by atoms with E-state index < -0.39 is 12.1 Å². The molecule has 0 fully saturated rings. The maximum absolute atomic E-state index is 10.7. The molecule has 0 saturated heterocycles. The number of benzene rings is 1. The molecule has 0 aliphatic heterocycles. The van der Waals surface area contributed by atoms with Crippen molar-refractivity contribution in [3.63, 3.8) is 0 Å². The number of carbonyl (C=O) groups excluding carboxylic acids is 1. The van der Waals surface area contributed by atoms with Crippen molar-refractivity contribution in [2.75, 3.05) is 7.11 Å². The summed E-state index contributed by atoms with van der Waals surface area (Å²) in [6.45, 7) is 1.39. The van der Waals surface area contributed by atoms with Crippen molar-refractivity contribution in [1.29, 1.82) is 0 Å². The van der Waals surface area contributed by atoms with Crippen LogP contribution in [-0.4, -0.2) is 30.6 Å². The van der Waals surface area contributed by atoms with Crippen molar-refractivity contribution in [1.82, 2.24) is 0 Å². The van der Waals surface area contributed by atoms with Gasteiger partial charge in [-0.25, -0.2) is 4.79 Å². The Hall–Kier alpha value is -2.04. The van der Waals surface area contributed by atoms with Gasteiger partial charge in [-0.05, 0) is 19.1 Å². The highest BCUT2D eigenvalue weighted by Crippen LogP contribution is 2.24. The number of carboxylic acid groups (broad SMARTS) is 1. The second kappa shape index (κ2) is 5.16. The predicted molar refractivity (Wildman–Crippen MR) is 56.1 cm³/mol. The lowest BCUT2D eigenvalue weighted by molar-refractivity contribution is -0.144. The first-order valence-corrected chi connectivity index (χ1v) is 4.61. The Morgan fingerprint density at radius 1 is 1.50 bits per heavy atom. The van der Waals surface area contributed by atoms with Gasteiger partial charge in [0, 0.05) is 6.07 Å². The van der Waals surface area contributed by atoms with E-state index in [1.165, 1.54) is 26.2 Å². The van der Waals surface area contributed by atoms with Crippen LogP contribution in [0, 0.1) is 0 Å². The Kier molecular flexibility index (Phi) is 3.88. The summed E-state index contributed by atoms with van der Waals surface area (Å²) in [7, 11) is 1.47. The molecule has 0 aromatic heterocycles. The van der Waals surface area contributed by atoms with E-state index in [2.05, 4.69) is 0 Å². The zero-order valence-electron chi connectivity index (χ0n) is 8.97. The third-order valence-corrected chi connectivity index (χ3v) is 2.00. The van der Waals surface area contributed by atoms with Crippen LogP contribution in [0.25, 0.3) is 0 Å². The molecule has 1 N–H and O–H groups in total. The zero-order chi connectivity index (χ0) is 12.1. The molecule has 0 heterocycles. The molecule has 1 rings (SSSR count). The maximum Gasteiger partial charge on any atom is 0.344 e. The SMILES string of the molecule is COc1ccc(C=O)c(O[C@@H](C)C(=O)O)c1. The highest BCUT2D eigenvalue weighted by Gasteiger charge is 2.15. The quantitative estimate of drug-likeness (QED) is 0.764. The van der Waals surface area contributed by atoms with Gasteiger partial charge in [-0.1, -0.05) is 0 Å². The average molecular weight is 224 g/mol. The van der Waals surface area contributed by atoms with Crippen LogP contribution in [0.15, 0.2) is 18.2 Å². The second-order valence-corrected chi connectivity index (χ2v) is 3.12. The molecule has 1 atom stereocenters. The van der Waals surface area contributed by atoms with Gasteiger partial charge in [0.25, 0.3) is 0 Å². The molecular weight excluding hydrogens is 212 g/mol. The fourth-order valence-electron chi connectivity index (χ4n) is 1.08. The lowest BCUT2D eigenvalue weighted by Crippen LogP contribution is -2.23. The van der Waals surface area contributed by atoms with Crippen LogP contribution < -0.4 is 9.47 Å². The summed E-state index contributed by atoms with van der Waals surface area (Å²) in [5.74, 6) is -0.401. The van der Waals surface area contributed by atoms with Gasteiger partial charge in [-0.2, -0.15) is 0 Å². The molecule has 0 spiro atoms. The minimum Gasteiger partial charge on any atom is -0.497 e. The zero-order valence-corrected chi connectivity index (χ0v) is 8.97. The van der Waals surface area contributed by atoms with Gasteiger partial charge in [-0.3, -0.25) is 4.79 Å². The number of carboxylic acids is 1. The van der Waals surface area contributed by atoms with E-state index in [1.807, 2.05) is 0 Å². The number of methoxy groups -OCH3 is 1. The summed E-state index contributed by atoms with van der Waals surface area (Å²) in [5.41, 5.74) is 0.286. The Morgan fingerprint density at radius 3 is 2.69 bits per heavy atom. The first-order chi connectivity index (χ1) is 7.58. The van der Waals surface area contributed by atoms with Crippen molar-refractivity contribution in [2.45, 2.75) is 13.0 Å². The van der Waals surface area contributed by atoms with E-state index in [4.69, 9.17) is 14.6 Å². The largest absolute Gasteiger partial charge is 0.497 e. The molecule has 0 amide bonds. The fourth-order valence-corrected chi connectivity index (χ4v) is 1.08. The van der Waals surface area contributed by atoms with Crippen LogP contribution >= 0.6 is 0 Å². The van der Waals surface area contributed by atoms with E-state index in [-0.39, 0.29) is 11.3 Å². The Bertz CT molecular complexity index is 399. The lowest BCUT2D eigenvalue weighted by Gasteiger charge is -2.12. The molecule has 0 bridgehead atoms. The summed E-state index contributed by atoms with van der Waals surface area (Å²) in [6.07, 6.45) is -0.422. The molecule has 0 aliphatic carbocycles. The van der Waals surface area contributed by atoms with Crippen LogP contribution in [-0.2, 0) is 4.79 Å². The van der Waals surface area contributed by atoms with Crippen LogP contribution in [0.1, 0.15) is 17.3 Å². The van der Waals surface area contributed by atoms with E-state index in [9.17, 15) is 9.59 Å². The standard InChI is InChI=1S/C11H12O5/c1-7(11(13)14)16-10-5-9(15-2)4-3-8(10)6-12/h3-7H,1-2H3,(H,13,14)/t7-/m0/s1. The third kappa shape index (κ3) is 2.73. The predicted octanol–water partition coefficient (Wildman–Crippen LogP) is 1.36.